The van der Waals surface area contributed by atoms with E-state index in [0.717, 1.165) is 0 Å². The first-order valence-corrected chi connectivity index (χ1v) is 10.4. The van der Waals surface area contributed by atoms with Gasteiger partial charge < -0.3 is 20.8 Å². The molecule has 2 amide bonds. The van der Waals surface area contributed by atoms with E-state index in [1.807, 2.05) is 0 Å². The molecule has 0 aliphatic heterocycles. The molecular formula is C27H20N2O5. The summed E-state index contributed by atoms with van der Waals surface area (Å²) in [7, 11) is 0. The minimum Gasteiger partial charge on any atom is -0.508 e. The van der Waals surface area contributed by atoms with Crippen molar-refractivity contribution in [1.29, 1.82) is 0 Å². The first-order chi connectivity index (χ1) is 16.4. The van der Waals surface area contributed by atoms with Crippen LogP contribution in [0.2, 0.25) is 0 Å². The summed E-state index contributed by atoms with van der Waals surface area (Å²) in [4.78, 5) is 37.4. The van der Waals surface area contributed by atoms with Crippen LogP contribution in [0.4, 0.5) is 11.4 Å². The number of carboxylic acid groups (broad SMARTS) is 1. The van der Waals surface area contributed by atoms with Gasteiger partial charge >= 0.3 is 5.97 Å². The lowest BCUT2D eigenvalue weighted by atomic mass is 9.95. The van der Waals surface area contributed by atoms with E-state index in [0.29, 0.717) is 33.6 Å². The van der Waals surface area contributed by atoms with E-state index < -0.39 is 17.8 Å². The fraction of sp³-hybridized carbons (Fsp3) is 0. The van der Waals surface area contributed by atoms with Crippen LogP contribution in [-0.2, 0) is 0 Å². The normalized spacial score (nSPS) is 10.4. The fourth-order valence-corrected chi connectivity index (χ4v) is 3.54. The molecule has 7 heteroatoms. The average Bonchev–Trinajstić information content (AvgIpc) is 2.84. The van der Waals surface area contributed by atoms with Crippen molar-refractivity contribution >= 4 is 29.2 Å². The van der Waals surface area contributed by atoms with Crippen LogP contribution < -0.4 is 10.6 Å². The average molecular weight is 452 g/mol. The Hall–Kier alpha value is -4.91. The molecule has 0 aliphatic carbocycles. The Morgan fingerprint density at radius 1 is 0.588 bits per heavy atom. The summed E-state index contributed by atoms with van der Waals surface area (Å²) in [6.45, 7) is 0. The third-order valence-electron chi connectivity index (χ3n) is 5.11. The van der Waals surface area contributed by atoms with Crippen LogP contribution in [-0.4, -0.2) is 28.0 Å². The highest BCUT2D eigenvalue weighted by atomic mass is 16.4. The highest BCUT2D eigenvalue weighted by Gasteiger charge is 2.18. The second-order valence-corrected chi connectivity index (χ2v) is 7.44. The van der Waals surface area contributed by atoms with Crippen molar-refractivity contribution in [3.05, 3.63) is 114 Å². The van der Waals surface area contributed by atoms with Crippen LogP contribution in [0.5, 0.6) is 5.75 Å². The summed E-state index contributed by atoms with van der Waals surface area (Å²) in [5.74, 6) is -1.91. The maximum Gasteiger partial charge on any atom is 0.336 e. The fourth-order valence-electron chi connectivity index (χ4n) is 3.54. The van der Waals surface area contributed by atoms with E-state index >= 15 is 0 Å². The van der Waals surface area contributed by atoms with Gasteiger partial charge in [0.05, 0.1) is 5.56 Å². The number of carbonyl (C=O) groups is 3. The van der Waals surface area contributed by atoms with Crippen molar-refractivity contribution in [3.63, 3.8) is 0 Å². The Morgan fingerprint density at radius 2 is 1.15 bits per heavy atom. The third-order valence-corrected chi connectivity index (χ3v) is 5.11. The number of phenolic OH excluding ortho intramolecular Hbond substituents is 1. The summed E-state index contributed by atoms with van der Waals surface area (Å²) < 4.78 is 0. The van der Waals surface area contributed by atoms with E-state index in [2.05, 4.69) is 10.6 Å². The Labute approximate surface area is 195 Å². The monoisotopic (exact) mass is 452 g/mol. The van der Waals surface area contributed by atoms with Crippen molar-refractivity contribution < 1.29 is 24.6 Å². The van der Waals surface area contributed by atoms with Crippen LogP contribution in [0.15, 0.2) is 97.1 Å². The summed E-state index contributed by atoms with van der Waals surface area (Å²) in [5.41, 5.74) is 2.45. The number of rotatable bonds is 6. The number of aromatic carboxylic acids is 1. The number of phenols is 1. The van der Waals surface area contributed by atoms with Crippen molar-refractivity contribution in [3.8, 4) is 16.9 Å². The van der Waals surface area contributed by atoms with E-state index in [4.69, 9.17) is 0 Å². The van der Waals surface area contributed by atoms with E-state index in [-0.39, 0.29) is 11.3 Å². The molecule has 7 nitrogen and oxygen atoms in total. The molecule has 168 valence electrons. The highest BCUT2D eigenvalue weighted by Crippen LogP contribution is 2.28. The molecule has 0 unspecified atom stereocenters. The molecule has 4 aromatic carbocycles. The molecule has 4 N–H and O–H groups in total. The predicted molar refractivity (Wildman–Crippen MR) is 129 cm³/mol. The maximum absolute atomic E-state index is 13.1. The molecule has 34 heavy (non-hydrogen) atoms. The molecule has 0 saturated carbocycles. The first kappa shape index (κ1) is 22.3. The first-order valence-electron chi connectivity index (χ1n) is 10.4. The summed E-state index contributed by atoms with van der Waals surface area (Å²) in [6.07, 6.45) is 0. The lowest BCUT2D eigenvalue weighted by Gasteiger charge is -2.13. The molecule has 0 heterocycles. The zero-order chi connectivity index (χ0) is 24.1. The number of carbonyl (C=O) groups excluding carboxylic acids is 2. The quantitative estimate of drug-likeness (QED) is 0.318. The smallest absolute Gasteiger partial charge is 0.336 e. The molecule has 0 atom stereocenters. The lowest BCUT2D eigenvalue weighted by molar-refractivity contribution is 0.0697. The molecular weight excluding hydrogens is 432 g/mol. The lowest BCUT2D eigenvalue weighted by Crippen LogP contribution is -2.15. The number of hydrogen-bond donors (Lipinski definition) is 4. The molecule has 0 aliphatic rings. The van der Waals surface area contributed by atoms with Gasteiger partial charge in [-0.1, -0.05) is 48.5 Å². The summed E-state index contributed by atoms with van der Waals surface area (Å²) in [6, 6.07) is 25.8. The SMILES string of the molecule is O=C(Nc1cccc(O)c1)c1cccc(NC(=O)c2ccccc2-c2ccccc2C(=O)O)c1. The molecule has 4 rings (SSSR count). The summed E-state index contributed by atoms with van der Waals surface area (Å²) in [5, 5.41) is 24.6. The Kier molecular flexibility index (Phi) is 6.36. The topological polar surface area (TPSA) is 116 Å². The van der Waals surface area contributed by atoms with Crippen molar-refractivity contribution in [1.82, 2.24) is 0 Å². The number of carboxylic acids is 1. The molecule has 4 aromatic rings. The highest BCUT2D eigenvalue weighted by molar-refractivity contribution is 6.11. The number of aromatic hydroxyl groups is 1. The number of amides is 2. The molecule has 0 bridgehead atoms. The Morgan fingerprint density at radius 3 is 1.82 bits per heavy atom. The van der Waals surface area contributed by atoms with E-state index in [1.54, 1.807) is 72.8 Å². The predicted octanol–water partition coefficient (Wildman–Crippen LogP) is 5.26. The molecule has 0 radical (unpaired) electrons. The van der Waals surface area contributed by atoms with Gasteiger partial charge in [-0.2, -0.15) is 0 Å². The zero-order valence-electron chi connectivity index (χ0n) is 17.9. The minimum atomic E-state index is -1.09. The van der Waals surface area contributed by atoms with Gasteiger partial charge in [-0.25, -0.2) is 4.79 Å². The number of nitrogens with one attached hydrogen (secondary N) is 2. The Bertz CT molecular complexity index is 1400. The maximum atomic E-state index is 13.1. The van der Waals surface area contributed by atoms with Gasteiger partial charge in [-0.15, -0.1) is 0 Å². The van der Waals surface area contributed by atoms with Gasteiger partial charge in [-0.05, 0) is 53.6 Å². The largest absolute Gasteiger partial charge is 0.508 e. The van der Waals surface area contributed by atoms with Gasteiger partial charge in [0, 0.05) is 28.6 Å². The Balaban J connectivity index is 1.58. The van der Waals surface area contributed by atoms with E-state index in [1.165, 1.54) is 24.3 Å². The van der Waals surface area contributed by atoms with Gasteiger partial charge in [0.1, 0.15) is 5.75 Å². The number of anilines is 2. The van der Waals surface area contributed by atoms with E-state index in [9.17, 15) is 24.6 Å². The van der Waals surface area contributed by atoms with Crippen LogP contribution >= 0.6 is 0 Å². The van der Waals surface area contributed by atoms with Gasteiger partial charge in [0.2, 0.25) is 0 Å². The van der Waals surface area contributed by atoms with Gasteiger partial charge in [0.15, 0.2) is 0 Å². The van der Waals surface area contributed by atoms with Crippen LogP contribution in [0.3, 0.4) is 0 Å². The van der Waals surface area contributed by atoms with Gasteiger partial charge in [-0.3, -0.25) is 9.59 Å². The molecule has 0 fully saturated rings. The van der Waals surface area contributed by atoms with Crippen LogP contribution in [0.25, 0.3) is 11.1 Å². The third kappa shape index (κ3) is 4.94. The second-order valence-electron chi connectivity index (χ2n) is 7.44. The van der Waals surface area contributed by atoms with Crippen LogP contribution in [0, 0.1) is 0 Å². The molecule has 0 spiro atoms. The second kappa shape index (κ2) is 9.70. The number of benzene rings is 4. The summed E-state index contributed by atoms with van der Waals surface area (Å²) >= 11 is 0. The molecule has 0 aromatic heterocycles. The van der Waals surface area contributed by atoms with Crippen molar-refractivity contribution in [2.45, 2.75) is 0 Å². The number of hydrogen-bond acceptors (Lipinski definition) is 4. The van der Waals surface area contributed by atoms with Crippen LogP contribution in [0.1, 0.15) is 31.1 Å². The molecule has 0 saturated heterocycles. The zero-order valence-corrected chi connectivity index (χ0v) is 17.9. The van der Waals surface area contributed by atoms with Gasteiger partial charge in [0.25, 0.3) is 11.8 Å². The van der Waals surface area contributed by atoms with Crippen molar-refractivity contribution in [2.24, 2.45) is 0 Å². The minimum absolute atomic E-state index is 0.0296. The van der Waals surface area contributed by atoms with Crippen molar-refractivity contribution in [2.75, 3.05) is 10.6 Å². The standard InChI is InChI=1S/C27H20N2O5/c30-20-10-6-9-19(16-20)28-25(31)17-7-5-8-18(15-17)29-26(32)23-13-3-1-11-21(23)22-12-2-4-14-24(22)27(33)34/h1-16,30H,(H,28,31)(H,29,32)(H,33,34).